The van der Waals surface area contributed by atoms with Gasteiger partial charge in [-0.1, -0.05) is 24.3 Å². The monoisotopic (exact) mass is 292 g/mol. The van der Waals surface area contributed by atoms with E-state index in [0.29, 0.717) is 32.8 Å². The molecule has 114 valence electrons. The lowest BCUT2D eigenvalue weighted by Crippen LogP contribution is -2.50. The van der Waals surface area contributed by atoms with Gasteiger partial charge in [-0.05, 0) is 18.1 Å². The summed E-state index contributed by atoms with van der Waals surface area (Å²) in [6.45, 7) is 4.04. The van der Waals surface area contributed by atoms with Crippen LogP contribution < -0.4 is 5.32 Å². The Morgan fingerprint density at radius 2 is 1.95 bits per heavy atom. The van der Waals surface area contributed by atoms with Crippen LogP contribution in [0.2, 0.25) is 0 Å². The van der Waals surface area contributed by atoms with Crippen LogP contribution in [0.1, 0.15) is 17.5 Å². The fourth-order valence-corrected chi connectivity index (χ4v) is 1.97. The maximum Gasteiger partial charge on any atom is 0.325 e. The number of aryl methyl sites for hydroxylation is 1. The van der Waals surface area contributed by atoms with Gasteiger partial charge in [-0.3, -0.25) is 10.1 Å². The molecule has 1 aliphatic rings. The number of amides is 3. The van der Waals surface area contributed by atoms with E-state index in [0.717, 1.165) is 5.56 Å². The second-order valence-corrected chi connectivity index (χ2v) is 4.88. The number of hydrogen-bond acceptors (Lipinski definition) is 4. The van der Waals surface area contributed by atoms with Crippen molar-refractivity contribution in [2.24, 2.45) is 0 Å². The lowest BCUT2D eigenvalue weighted by atomic mass is 10.1. The SMILES string of the molecule is Cc1ccccc1COCCOCN1CCC(=O)NC1=O. The number of carbonyl (C=O) groups excluding carboxylic acids is 2. The number of urea groups is 1. The van der Waals surface area contributed by atoms with Crippen molar-refractivity contribution < 1.29 is 19.1 Å². The Morgan fingerprint density at radius 3 is 2.71 bits per heavy atom. The first kappa shape index (κ1) is 15.5. The van der Waals surface area contributed by atoms with E-state index < -0.39 is 6.03 Å². The number of rotatable bonds is 7. The largest absolute Gasteiger partial charge is 0.374 e. The number of nitrogens with one attached hydrogen (secondary N) is 1. The molecule has 0 radical (unpaired) electrons. The molecule has 0 unspecified atom stereocenters. The average Bonchev–Trinajstić information content (AvgIpc) is 2.46. The molecule has 3 amide bonds. The molecule has 1 aromatic rings. The van der Waals surface area contributed by atoms with E-state index in [1.807, 2.05) is 31.2 Å². The van der Waals surface area contributed by atoms with Crippen molar-refractivity contribution in [1.82, 2.24) is 10.2 Å². The summed E-state index contributed by atoms with van der Waals surface area (Å²) in [5.41, 5.74) is 2.36. The molecule has 1 heterocycles. The molecule has 0 aliphatic carbocycles. The first-order valence-electron chi connectivity index (χ1n) is 6.95. The van der Waals surface area contributed by atoms with E-state index in [9.17, 15) is 9.59 Å². The zero-order valence-corrected chi connectivity index (χ0v) is 12.1. The Labute approximate surface area is 124 Å². The lowest BCUT2D eigenvalue weighted by molar-refractivity contribution is -0.122. The summed E-state index contributed by atoms with van der Waals surface area (Å²) in [5.74, 6) is -0.238. The van der Waals surface area contributed by atoms with Gasteiger partial charge in [0, 0.05) is 13.0 Å². The van der Waals surface area contributed by atoms with Crippen molar-refractivity contribution in [3.8, 4) is 0 Å². The number of nitrogens with zero attached hydrogens (tertiary/aromatic N) is 1. The molecule has 21 heavy (non-hydrogen) atoms. The molecule has 1 saturated heterocycles. The van der Waals surface area contributed by atoms with E-state index in [-0.39, 0.29) is 12.6 Å². The van der Waals surface area contributed by atoms with Gasteiger partial charge in [0.2, 0.25) is 5.91 Å². The van der Waals surface area contributed by atoms with Gasteiger partial charge < -0.3 is 14.4 Å². The third-order valence-corrected chi connectivity index (χ3v) is 3.28. The topological polar surface area (TPSA) is 67.9 Å². The highest BCUT2D eigenvalue weighted by atomic mass is 16.5. The van der Waals surface area contributed by atoms with Gasteiger partial charge in [0.1, 0.15) is 6.73 Å². The van der Waals surface area contributed by atoms with E-state index in [1.54, 1.807) is 0 Å². The molecular weight excluding hydrogens is 272 g/mol. The van der Waals surface area contributed by atoms with Crippen LogP contribution in [-0.2, 0) is 20.9 Å². The van der Waals surface area contributed by atoms with Crippen LogP contribution in [0, 0.1) is 6.92 Å². The summed E-state index contributed by atoms with van der Waals surface area (Å²) in [4.78, 5) is 23.9. The van der Waals surface area contributed by atoms with E-state index in [1.165, 1.54) is 10.5 Å². The first-order chi connectivity index (χ1) is 10.2. The molecule has 0 saturated carbocycles. The number of ether oxygens (including phenoxy) is 2. The highest BCUT2D eigenvalue weighted by Crippen LogP contribution is 2.08. The van der Waals surface area contributed by atoms with Crippen LogP contribution in [0.3, 0.4) is 0 Å². The fourth-order valence-electron chi connectivity index (χ4n) is 1.97. The van der Waals surface area contributed by atoms with Crippen LogP contribution >= 0.6 is 0 Å². The van der Waals surface area contributed by atoms with E-state index >= 15 is 0 Å². The average molecular weight is 292 g/mol. The predicted octanol–water partition coefficient (Wildman–Crippen LogP) is 1.43. The molecule has 6 nitrogen and oxygen atoms in total. The van der Waals surface area contributed by atoms with Crippen molar-refractivity contribution in [2.45, 2.75) is 20.0 Å². The molecule has 0 bridgehead atoms. The molecule has 1 aromatic carbocycles. The zero-order chi connectivity index (χ0) is 15.1. The maximum atomic E-state index is 11.4. The maximum absolute atomic E-state index is 11.4. The molecule has 0 atom stereocenters. The smallest absolute Gasteiger partial charge is 0.325 e. The molecule has 6 heteroatoms. The van der Waals surface area contributed by atoms with Crippen molar-refractivity contribution in [1.29, 1.82) is 0 Å². The molecule has 1 fully saturated rings. The highest BCUT2D eigenvalue weighted by Gasteiger charge is 2.22. The summed E-state index contributed by atoms with van der Waals surface area (Å²) in [5, 5.41) is 2.25. The van der Waals surface area contributed by atoms with Gasteiger partial charge in [-0.2, -0.15) is 0 Å². The first-order valence-corrected chi connectivity index (χ1v) is 6.95. The molecule has 0 aromatic heterocycles. The number of benzene rings is 1. The summed E-state index contributed by atoms with van der Waals surface area (Å²) in [6.07, 6.45) is 0.318. The Kier molecular flexibility index (Phi) is 5.71. The molecule has 0 spiro atoms. The van der Waals surface area contributed by atoms with Crippen LogP contribution in [0.25, 0.3) is 0 Å². The normalized spacial score (nSPS) is 15.2. The number of hydrogen-bond donors (Lipinski definition) is 1. The third kappa shape index (κ3) is 4.84. The van der Waals surface area contributed by atoms with Gasteiger partial charge in [0.25, 0.3) is 0 Å². The summed E-state index contributed by atoms with van der Waals surface area (Å²) in [6, 6.07) is 7.66. The lowest BCUT2D eigenvalue weighted by Gasteiger charge is -2.25. The van der Waals surface area contributed by atoms with Gasteiger partial charge in [0.15, 0.2) is 0 Å². The van der Waals surface area contributed by atoms with Crippen LogP contribution in [-0.4, -0.2) is 43.3 Å². The number of imide groups is 1. The van der Waals surface area contributed by atoms with Crippen molar-refractivity contribution in [2.75, 3.05) is 26.5 Å². The van der Waals surface area contributed by atoms with Gasteiger partial charge in [-0.15, -0.1) is 0 Å². The minimum atomic E-state index is -0.396. The second kappa shape index (κ2) is 7.75. The second-order valence-electron chi connectivity index (χ2n) is 4.88. The molecular formula is C15H20N2O4. The predicted molar refractivity (Wildman–Crippen MR) is 76.5 cm³/mol. The summed E-state index contributed by atoms with van der Waals surface area (Å²) < 4.78 is 10.9. The van der Waals surface area contributed by atoms with Gasteiger partial charge in [-0.25, -0.2) is 4.79 Å². The summed E-state index contributed by atoms with van der Waals surface area (Å²) >= 11 is 0. The Hall–Kier alpha value is -1.92. The minimum Gasteiger partial charge on any atom is -0.374 e. The molecule has 2 rings (SSSR count). The fraction of sp³-hybridized carbons (Fsp3) is 0.467. The molecule has 1 N–H and O–H groups in total. The summed E-state index contributed by atoms with van der Waals surface area (Å²) in [7, 11) is 0. The highest BCUT2D eigenvalue weighted by molar-refractivity contribution is 5.96. The van der Waals surface area contributed by atoms with Gasteiger partial charge >= 0.3 is 6.03 Å². The van der Waals surface area contributed by atoms with Crippen molar-refractivity contribution in [3.63, 3.8) is 0 Å². The van der Waals surface area contributed by atoms with Crippen LogP contribution in [0.15, 0.2) is 24.3 Å². The van der Waals surface area contributed by atoms with Crippen molar-refractivity contribution in [3.05, 3.63) is 35.4 Å². The quantitative estimate of drug-likeness (QED) is 0.772. The third-order valence-electron chi connectivity index (χ3n) is 3.28. The Balaban J connectivity index is 1.57. The van der Waals surface area contributed by atoms with E-state index in [2.05, 4.69) is 5.32 Å². The number of carbonyl (C=O) groups is 2. The van der Waals surface area contributed by atoms with Gasteiger partial charge in [0.05, 0.1) is 19.8 Å². The van der Waals surface area contributed by atoms with Crippen LogP contribution in [0.4, 0.5) is 4.79 Å². The standard InChI is InChI=1S/C15H20N2O4/c1-12-4-2-3-5-13(12)10-20-8-9-21-11-17-7-6-14(18)16-15(17)19/h2-5H,6-11H2,1H3,(H,16,18,19). The minimum absolute atomic E-state index is 0.173. The van der Waals surface area contributed by atoms with E-state index in [4.69, 9.17) is 9.47 Å². The Bertz CT molecular complexity index is 504. The van der Waals surface area contributed by atoms with Crippen molar-refractivity contribution >= 4 is 11.9 Å². The molecule has 1 aliphatic heterocycles. The van der Waals surface area contributed by atoms with Crippen LogP contribution in [0.5, 0.6) is 0 Å². The zero-order valence-electron chi connectivity index (χ0n) is 12.1. The Morgan fingerprint density at radius 1 is 1.19 bits per heavy atom.